The SMILES string of the molecule is CCN(C(=O)C1=NN(C2CCS(=O)(=O)C2)C(=O)CC1)c1ccc(F)cc1. The maximum Gasteiger partial charge on any atom is 0.274 e. The fourth-order valence-corrected chi connectivity index (χ4v) is 4.89. The quantitative estimate of drug-likeness (QED) is 0.788. The number of hydrogen-bond acceptors (Lipinski definition) is 5. The van der Waals surface area contributed by atoms with Crippen LogP contribution in [-0.2, 0) is 19.4 Å². The average Bonchev–Trinajstić information content (AvgIpc) is 2.97. The summed E-state index contributed by atoms with van der Waals surface area (Å²) in [6.45, 7) is 2.15. The molecule has 1 aromatic rings. The molecule has 3 rings (SSSR count). The van der Waals surface area contributed by atoms with Gasteiger partial charge in [-0.1, -0.05) is 0 Å². The Morgan fingerprint density at radius 1 is 1.31 bits per heavy atom. The molecule has 7 nitrogen and oxygen atoms in total. The Balaban J connectivity index is 1.84. The van der Waals surface area contributed by atoms with E-state index >= 15 is 0 Å². The number of amides is 2. The van der Waals surface area contributed by atoms with E-state index in [9.17, 15) is 22.4 Å². The first-order valence-corrected chi connectivity index (χ1v) is 10.3. The van der Waals surface area contributed by atoms with E-state index in [1.165, 1.54) is 34.2 Å². The van der Waals surface area contributed by atoms with Gasteiger partial charge < -0.3 is 4.90 Å². The number of carbonyl (C=O) groups is 2. The smallest absolute Gasteiger partial charge is 0.274 e. The second-order valence-electron chi connectivity index (χ2n) is 6.37. The molecule has 2 amide bonds. The maximum absolute atomic E-state index is 13.1. The van der Waals surface area contributed by atoms with Crippen molar-refractivity contribution in [2.75, 3.05) is 23.0 Å². The summed E-state index contributed by atoms with van der Waals surface area (Å²) >= 11 is 0. The summed E-state index contributed by atoms with van der Waals surface area (Å²) in [4.78, 5) is 26.5. The second-order valence-corrected chi connectivity index (χ2v) is 8.60. The van der Waals surface area contributed by atoms with Gasteiger partial charge in [-0.15, -0.1) is 0 Å². The topological polar surface area (TPSA) is 87.1 Å². The molecule has 2 aliphatic heterocycles. The van der Waals surface area contributed by atoms with Crippen LogP contribution in [0.1, 0.15) is 26.2 Å². The van der Waals surface area contributed by atoms with Crippen molar-refractivity contribution in [2.24, 2.45) is 5.10 Å². The first kappa shape index (κ1) is 18.5. The Kier molecular flexibility index (Phi) is 5.08. The molecule has 1 saturated heterocycles. The molecule has 140 valence electrons. The largest absolute Gasteiger partial charge is 0.308 e. The lowest BCUT2D eigenvalue weighted by Gasteiger charge is -2.29. The number of halogens is 1. The van der Waals surface area contributed by atoms with Gasteiger partial charge in [0.15, 0.2) is 9.84 Å². The summed E-state index contributed by atoms with van der Waals surface area (Å²) in [6, 6.07) is 5.04. The van der Waals surface area contributed by atoms with Gasteiger partial charge in [-0.2, -0.15) is 5.10 Å². The molecule has 0 N–H and O–H groups in total. The van der Waals surface area contributed by atoms with E-state index in [2.05, 4.69) is 5.10 Å². The van der Waals surface area contributed by atoms with Crippen molar-refractivity contribution in [3.63, 3.8) is 0 Å². The van der Waals surface area contributed by atoms with Crippen LogP contribution in [0.4, 0.5) is 10.1 Å². The Bertz CT molecular complexity index is 851. The third-order valence-electron chi connectivity index (χ3n) is 4.56. The van der Waals surface area contributed by atoms with Crippen molar-refractivity contribution >= 4 is 33.1 Å². The Morgan fingerprint density at radius 2 is 2.00 bits per heavy atom. The van der Waals surface area contributed by atoms with Crippen LogP contribution in [0.2, 0.25) is 0 Å². The van der Waals surface area contributed by atoms with Crippen LogP contribution in [-0.4, -0.2) is 55.0 Å². The van der Waals surface area contributed by atoms with Crippen LogP contribution in [0.3, 0.4) is 0 Å². The molecule has 1 atom stereocenters. The number of anilines is 1. The highest BCUT2D eigenvalue weighted by Gasteiger charge is 2.37. The monoisotopic (exact) mass is 381 g/mol. The summed E-state index contributed by atoms with van der Waals surface area (Å²) in [5, 5.41) is 5.36. The Morgan fingerprint density at radius 3 is 2.58 bits per heavy atom. The van der Waals surface area contributed by atoms with E-state index in [0.717, 1.165) is 0 Å². The lowest BCUT2D eigenvalue weighted by atomic mass is 10.1. The van der Waals surface area contributed by atoms with Crippen molar-refractivity contribution in [1.82, 2.24) is 5.01 Å². The standard InChI is InChI=1S/C17H20FN3O4S/c1-2-20(13-5-3-12(18)4-6-13)17(23)15-7-8-16(22)21(19-15)14-9-10-26(24,25)11-14/h3-6,14H,2,7-11H2,1H3. The predicted octanol–water partition coefficient (Wildman–Crippen LogP) is 1.34. The van der Waals surface area contributed by atoms with Gasteiger partial charge in [0.25, 0.3) is 5.91 Å². The van der Waals surface area contributed by atoms with Gasteiger partial charge in [0.05, 0.1) is 17.5 Å². The Hall–Kier alpha value is -2.29. The van der Waals surface area contributed by atoms with Crippen LogP contribution in [0.5, 0.6) is 0 Å². The number of carbonyl (C=O) groups excluding carboxylic acids is 2. The molecule has 1 fully saturated rings. The molecule has 0 aromatic heterocycles. The summed E-state index contributed by atoms with van der Waals surface area (Å²) < 4.78 is 36.5. The number of hydrazone groups is 1. The first-order chi connectivity index (χ1) is 12.3. The van der Waals surface area contributed by atoms with Gasteiger partial charge in [0.2, 0.25) is 5.91 Å². The van der Waals surface area contributed by atoms with Crippen LogP contribution < -0.4 is 4.90 Å². The van der Waals surface area contributed by atoms with Gasteiger partial charge in [-0.3, -0.25) is 9.59 Å². The van der Waals surface area contributed by atoms with Crippen molar-refractivity contribution in [3.05, 3.63) is 30.1 Å². The fraction of sp³-hybridized carbons (Fsp3) is 0.471. The molecule has 0 spiro atoms. The fourth-order valence-electron chi connectivity index (χ4n) is 3.20. The molecule has 2 aliphatic rings. The predicted molar refractivity (Wildman–Crippen MR) is 95.0 cm³/mol. The lowest BCUT2D eigenvalue weighted by molar-refractivity contribution is -0.133. The zero-order chi connectivity index (χ0) is 18.9. The van der Waals surface area contributed by atoms with Crippen molar-refractivity contribution in [1.29, 1.82) is 0 Å². The van der Waals surface area contributed by atoms with Crippen LogP contribution >= 0.6 is 0 Å². The van der Waals surface area contributed by atoms with Crippen LogP contribution in [0.25, 0.3) is 0 Å². The average molecular weight is 381 g/mol. The molecule has 2 heterocycles. The number of nitrogens with zero attached hydrogens (tertiary/aromatic N) is 3. The molecule has 0 saturated carbocycles. The van der Waals surface area contributed by atoms with Gasteiger partial charge in [0, 0.05) is 25.1 Å². The number of rotatable bonds is 4. The van der Waals surface area contributed by atoms with Gasteiger partial charge >= 0.3 is 0 Å². The van der Waals surface area contributed by atoms with Crippen molar-refractivity contribution in [2.45, 2.75) is 32.2 Å². The molecular formula is C17H20FN3O4S. The van der Waals surface area contributed by atoms with E-state index in [4.69, 9.17) is 0 Å². The van der Waals surface area contributed by atoms with E-state index in [1.54, 1.807) is 6.92 Å². The Labute approximate surface area is 151 Å². The minimum Gasteiger partial charge on any atom is -0.308 e. The lowest BCUT2D eigenvalue weighted by Crippen LogP contribution is -2.45. The zero-order valence-corrected chi connectivity index (χ0v) is 15.2. The van der Waals surface area contributed by atoms with Gasteiger partial charge in [-0.25, -0.2) is 17.8 Å². The van der Waals surface area contributed by atoms with Crippen LogP contribution in [0, 0.1) is 5.82 Å². The number of benzene rings is 1. The number of sulfone groups is 1. The van der Waals surface area contributed by atoms with Crippen LogP contribution in [0.15, 0.2) is 29.4 Å². The van der Waals surface area contributed by atoms with E-state index < -0.39 is 21.7 Å². The zero-order valence-electron chi connectivity index (χ0n) is 14.4. The molecule has 0 bridgehead atoms. The summed E-state index contributed by atoms with van der Waals surface area (Å²) in [7, 11) is -3.17. The summed E-state index contributed by atoms with van der Waals surface area (Å²) in [6.07, 6.45) is 0.641. The third-order valence-corrected chi connectivity index (χ3v) is 6.31. The third kappa shape index (κ3) is 3.77. The second kappa shape index (κ2) is 7.14. The van der Waals surface area contributed by atoms with E-state index in [-0.39, 0.29) is 41.9 Å². The van der Waals surface area contributed by atoms with Gasteiger partial charge in [-0.05, 0) is 37.6 Å². The number of hydrogen-bond donors (Lipinski definition) is 0. The molecule has 1 unspecified atom stereocenters. The molecule has 0 aliphatic carbocycles. The summed E-state index contributed by atoms with van der Waals surface area (Å²) in [5.41, 5.74) is 0.744. The summed E-state index contributed by atoms with van der Waals surface area (Å²) in [5.74, 6) is -1.13. The minimum atomic E-state index is -3.17. The highest BCUT2D eigenvalue weighted by atomic mass is 32.2. The molecule has 9 heteroatoms. The molecular weight excluding hydrogens is 361 g/mol. The van der Waals surface area contributed by atoms with Crippen molar-refractivity contribution in [3.8, 4) is 0 Å². The molecule has 0 radical (unpaired) electrons. The highest BCUT2D eigenvalue weighted by molar-refractivity contribution is 7.91. The maximum atomic E-state index is 13.1. The molecule has 26 heavy (non-hydrogen) atoms. The van der Waals surface area contributed by atoms with E-state index in [0.29, 0.717) is 18.7 Å². The van der Waals surface area contributed by atoms with Crippen molar-refractivity contribution < 1.29 is 22.4 Å². The first-order valence-electron chi connectivity index (χ1n) is 8.48. The normalized spacial score (nSPS) is 22.2. The van der Waals surface area contributed by atoms with E-state index in [1.807, 2.05) is 0 Å². The highest BCUT2D eigenvalue weighted by Crippen LogP contribution is 2.23. The van der Waals surface area contributed by atoms with Gasteiger partial charge in [0.1, 0.15) is 11.5 Å². The molecule has 1 aromatic carbocycles. The minimum absolute atomic E-state index is 0.0247.